The molecule has 3 aromatic carbocycles. The fourth-order valence-electron chi connectivity index (χ4n) is 2.94. The lowest BCUT2D eigenvalue weighted by Crippen LogP contribution is -2.17. The van der Waals surface area contributed by atoms with Crippen molar-refractivity contribution in [2.45, 2.75) is 0 Å². The van der Waals surface area contributed by atoms with Crippen LogP contribution in [-0.2, 0) is 0 Å². The van der Waals surface area contributed by atoms with E-state index < -0.39 is 17.6 Å². The second-order valence-electron chi connectivity index (χ2n) is 5.80. The lowest BCUT2D eigenvalue weighted by atomic mass is 10.1. The van der Waals surface area contributed by atoms with Gasteiger partial charge in [0.05, 0.1) is 0 Å². The number of carbonyl (C=O) groups is 2. The number of amides is 2. The van der Waals surface area contributed by atoms with Crippen molar-refractivity contribution in [2.24, 2.45) is 5.73 Å². The second-order valence-corrected chi connectivity index (χ2v) is 5.80. The Hall–Kier alpha value is -3.67. The van der Waals surface area contributed by atoms with E-state index in [1.54, 1.807) is 6.07 Å². The van der Waals surface area contributed by atoms with Crippen LogP contribution in [0.1, 0.15) is 20.9 Å². The van der Waals surface area contributed by atoms with Gasteiger partial charge < -0.3 is 15.5 Å². The molecule has 6 heteroatoms. The third-order valence-electron chi connectivity index (χ3n) is 4.13. The van der Waals surface area contributed by atoms with Gasteiger partial charge in [-0.1, -0.05) is 36.4 Å². The Labute approximate surface area is 147 Å². The Morgan fingerprint density at radius 1 is 0.962 bits per heavy atom. The van der Waals surface area contributed by atoms with Crippen LogP contribution in [0.25, 0.3) is 21.7 Å². The lowest BCUT2D eigenvalue weighted by molar-refractivity contribution is 0.0977. The number of anilines is 1. The van der Waals surface area contributed by atoms with Crippen LogP contribution in [-0.4, -0.2) is 11.8 Å². The van der Waals surface area contributed by atoms with Crippen LogP contribution in [0, 0.1) is 5.82 Å². The number of fused-ring (bicyclic) bond motifs is 3. The van der Waals surface area contributed by atoms with E-state index in [2.05, 4.69) is 5.32 Å². The van der Waals surface area contributed by atoms with Crippen molar-refractivity contribution >= 4 is 39.2 Å². The van der Waals surface area contributed by atoms with Gasteiger partial charge in [0, 0.05) is 16.3 Å². The lowest BCUT2D eigenvalue weighted by Gasteiger charge is -2.05. The van der Waals surface area contributed by atoms with Gasteiger partial charge >= 0.3 is 0 Å². The van der Waals surface area contributed by atoms with Gasteiger partial charge in [-0.15, -0.1) is 0 Å². The molecule has 0 aliphatic carbocycles. The first kappa shape index (κ1) is 15.8. The summed E-state index contributed by atoms with van der Waals surface area (Å²) in [6, 6.07) is 16.3. The molecular weight excluding hydrogens is 335 g/mol. The molecule has 0 atom stereocenters. The van der Waals surface area contributed by atoms with Crippen LogP contribution in [0.2, 0.25) is 0 Å². The van der Waals surface area contributed by atoms with Gasteiger partial charge in [-0.2, -0.15) is 0 Å². The highest BCUT2D eigenvalue weighted by molar-refractivity contribution is 6.18. The molecule has 0 bridgehead atoms. The number of benzene rings is 3. The number of nitrogens with two attached hydrogens (primary N) is 1. The zero-order valence-electron chi connectivity index (χ0n) is 13.5. The van der Waals surface area contributed by atoms with Gasteiger partial charge in [-0.05, 0) is 29.7 Å². The van der Waals surface area contributed by atoms with Crippen LogP contribution in [0.3, 0.4) is 0 Å². The van der Waals surface area contributed by atoms with Crippen molar-refractivity contribution in [3.8, 4) is 0 Å². The first-order valence-electron chi connectivity index (χ1n) is 7.85. The Morgan fingerprint density at radius 2 is 1.77 bits per heavy atom. The van der Waals surface area contributed by atoms with Gasteiger partial charge in [0.15, 0.2) is 0 Å². The molecule has 26 heavy (non-hydrogen) atoms. The zero-order chi connectivity index (χ0) is 18.3. The molecule has 3 N–H and O–H groups in total. The molecule has 4 rings (SSSR count). The first-order valence-corrected chi connectivity index (χ1v) is 7.85. The van der Waals surface area contributed by atoms with Crippen LogP contribution >= 0.6 is 0 Å². The number of halogens is 1. The largest absolute Gasteiger partial charge is 0.448 e. The molecule has 0 fully saturated rings. The average Bonchev–Trinajstić information content (AvgIpc) is 3.01. The predicted molar refractivity (Wildman–Crippen MR) is 96.6 cm³/mol. The molecule has 128 valence electrons. The fraction of sp³-hybridized carbons (Fsp3) is 0. The molecule has 0 saturated heterocycles. The maximum absolute atomic E-state index is 13.4. The number of carbonyl (C=O) groups excluding carboxylic acids is 2. The van der Waals surface area contributed by atoms with Crippen LogP contribution < -0.4 is 11.1 Å². The predicted octanol–water partition coefficient (Wildman–Crippen LogP) is 4.08. The summed E-state index contributed by atoms with van der Waals surface area (Å²) in [5.41, 5.74) is 6.16. The van der Waals surface area contributed by atoms with Gasteiger partial charge in [0.1, 0.15) is 17.1 Å². The van der Waals surface area contributed by atoms with E-state index in [4.69, 9.17) is 10.2 Å². The average molecular weight is 348 g/mol. The molecule has 0 radical (unpaired) electrons. The van der Waals surface area contributed by atoms with Gasteiger partial charge in [0.25, 0.3) is 11.8 Å². The highest BCUT2D eigenvalue weighted by Gasteiger charge is 2.22. The summed E-state index contributed by atoms with van der Waals surface area (Å²) in [4.78, 5) is 24.3. The number of primary amides is 1. The van der Waals surface area contributed by atoms with Crippen molar-refractivity contribution in [1.82, 2.24) is 0 Å². The Bertz CT molecular complexity index is 1180. The van der Waals surface area contributed by atoms with E-state index in [9.17, 15) is 14.0 Å². The van der Waals surface area contributed by atoms with Crippen LogP contribution in [0.4, 0.5) is 10.1 Å². The molecule has 0 spiro atoms. The van der Waals surface area contributed by atoms with Crippen LogP contribution in [0.5, 0.6) is 0 Å². The standard InChI is InChI=1S/C20H13FN2O3/c21-13-6-3-5-12(10-13)20(25)23-16-15-9-8-11-4-1-2-7-14(11)17(15)26-18(16)19(22)24/h1-10H,(H2,22,24)(H,23,25). The summed E-state index contributed by atoms with van der Waals surface area (Å²) in [6.45, 7) is 0. The summed E-state index contributed by atoms with van der Waals surface area (Å²) in [5, 5.41) is 4.88. The smallest absolute Gasteiger partial charge is 0.286 e. The minimum Gasteiger partial charge on any atom is -0.448 e. The molecule has 0 unspecified atom stereocenters. The molecule has 5 nitrogen and oxygen atoms in total. The minimum absolute atomic E-state index is 0.121. The van der Waals surface area contributed by atoms with Gasteiger partial charge in [-0.25, -0.2) is 4.39 Å². The van der Waals surface area contributed by atoms with Gasteiger partial charge in [-0.3, -0.25) is 9.59 Å². The SMILES string of the molecule is NC(=O)c1oc2c(ccc3ccccc32)c1NC(=O)c1cccc(F)c1. The number of nitrogens with one attached hydrogen (secondary N) is 1. The molecule has 2 amide bonds. The van der Waals surface area contributed by atoms with E-state index in [0.29, 0.717) is 11.0 Å². The quantitative estimate of drug-likeness (QED) is 0.585. The summed E-state index contributed by atoms with van der Waals surface area (Å²) < 4.78 is 19.0. The molecule has 0 saturated carbocycles. The Morgan fingerprint density at radius 3 is 2.54 bits per heavy atom. The molecule has 0 aliphatic rings. The molecule has 1 aromatic heterocycles. The highest BCUT2D eigenvalue weighted by atomic mass is 19.1. The van der Waals surface area contributed by atoms with E-state index >= 15 is 0 Å². The number of furan rings is 1. The number of hydrogen-bond donors (Lipinski definition) is 2. The molecule has 1 heterocycles. The number of hydrogen-bond acceptors (Lipinski definition) is 3. The fourth-order valence-corrected chi connectivity index (χ4v) is 2.94. The summed E-state index contributed by atoms with van der Waals surface area (Å²) in [5.74, 6) is -2.06. The highest BCUT2D eigenvalue weighted by Crippen LogP contribution is 2.35. The van der Waals surface area contributed by atoms with Crippen LogP contribution in [0.15, 0.2) is 65.1 Å². The third-order valence-corrected chi connectivity index (χ3v) is 4.13. The molecular formula is C20H13FN2O3. The third kappa shape index (κ3) is 2.57. The van der Waals surface area contributed by atoms with Crippen molar-refractivity contribution in [2.75, 3.05) is 5.32 Å². The maximum atomic E-state index is 13.4. The van der Waals surface area contributed by atoms with Gasteiger partial charge in [0.2, 0.25) is 5.76 Å². The minimum atomic E-state index is -0.806. The summed E-state index contributed by atoms with van der Waals surface area (Å²) in [6.07, 6.45) is 0. The maximum Gasteiger partial charge on any atom is 0.286 e. The normalized spacial score (nSPS) is 11.0. The Kier molecular flexibility index (Phi) is 3.65. The molecule has 4 aromatic rings. The van der Waals surface area contributed by atoms with E-state index in [0.717, 1.165) is 16.8 Å². The Balaban J connectivity index is 1.88. The second kappa shape index (κ2) is 6.00. The summed E-state index contributed by atoms with van der Waals surface area (Å²) in [7, 11) is 0. The van der Waals surface area contributed by atoms with Crippen molar-refractivity contribution in [1.29, 1.82) is 0 Å². The van der Waals surface area contributed by atoms with Crippen molar-refractivity contribution < 1.29 is 18.4 Å². The van der Waals surface area contributed by atoms with Crippen molar-refractivity contribution in [3.05, 3.63) is 77.8 Å². The first-order chi connectivity index (χ1) is 12.5. The zero-order valence-corrected chi connectivity index (χ0v) is 13.5. The van der Waals surface area contributed by atoms with E-state index in [1.165, 1.54) is 18.2 Å². The van der Waals surface area contributed by atoms with Crippen molar-refractivity contribution in [3.63, 3.8) is 0 Å². The molecule has 0 aliphatic heterocycles. The summed E-state index contributed by atoms with van der Waals surface area (Å²) >= 11 is 0. The topological polar surface area (TPSA) is 85.3 Å². The monoisotopic (exact) mass is 348 g/mol. The number of rotatable bonds is 3. The van der Waals surface area contributed by atoms with E-state index in [-0.39, 0.29) is 17.0 Å². The van der Waals surface area contributed by atoms with E-state index in [1.807, 2.05) is 30.3 Å².